The lowest BCUT2D eigenvalue weighted by molar-refractivity contribution is 0.0356. The molecule has 0 radical (unpaired) electrons. The zero-order chi connectivity index (χ0) is 18.8. The molecule has 0 aliphatic heterocycles. The first-order valence-electron chi connectivity index (χ1n) is 9.23. The fourth-order valence-electron chi connectivity index (χ4n) is 3.42. The first-order valence-corrected chi connectivity index (χ1v) is 9.23. The van der Waals surface area contributed by atoms with Gasteiger partial charge in [0, 0.05) is 17.1 Å². The molecule has 0 fully saturated rings. The van der Waals surface area contributed by atoms with Gasteiger partial charge in [0.1, 0.15) is 5.69 Å². The lowest BCUT2D eigenvalue weighted by Gasteiger charge is -2.20. The van der Waals surface area contributed by atoms with Crippen molar-refractivity contribution in [3.63, 3.8) is 0 Å². The van der Waals surface area contributed by atoms with Crippen LogP contribution >= 0.6 is 0 Å². The molecule has 0 bridgehead atoms. The molecule has 0 amide bonds. The summed E-state index contributed by atoms with van der Waals surface area (Å²) < 4.78 is 0. The van der Waals surface area contributed by atoms with Crippen molar-refractivity contribution in [3.05, 3.63) is 53.5 Å². The highest BCUT2D eigenvalue weighted by Crippen LogP contribution is 2.29. The second kappa shape index (κ2) is 7.46. The Kier molecular flexibility index (Phi) is 4.87. The van der Waals surface area contributed by atoms with E-state index in [2.05, 4.69) is 26.5 Å². The third-order valence-electron chi connectivity index (χ3n) is 4.92. The van der Waals surface area contributed by atoms with Crippen LogP contribution in [0.1, 0.15) is 43.2 Å². The molecule has 7 heteroatoms. The summed E-state index contributed by atoms with van der Waals surface area (Å²) in [6.07, 6.45) is 9.48. The van der Waals surface area contributed by atoms with Crippen LogP contribution < -0.4 is 0 Å². The molecule has 1 aliphatic carbocycles. The molecule has 140 valence electrons. The minimum Gasteiger partial charge on any atom is -0.372 e. The van der Waals surface area contributed by atoms with E-state index in [1.807, 2.05) is 38.5 Å². The summed E-state index contributed by atoms with van der Waals surface area (Å²) in [6.45, 7) is 0. The largest absolute Gasteiger partial charge is 0.372 e. The maximum absolute atomic E-state index is 10.6. The maximum Gasteiger partial charge on any atom is 0.152 e. The molecular weight excluding hydrogens is 340 g/mol. The zero-order valence-corrected chi connectivity index (χ0v) is 15.6. The number of nitrogens with zero attached hydrogens (tertiary/aromatic N) is 4. The number of rotatable bonds is 5. The van der Waals surface area contributed by atoms with E-state index in [0.29, 0.717) is 5.69 Å². The summed E-state index contributed by atoms with van der Waals surface area (Å²) in [4.78, 5) is 6.70. The van der Waals surface area contributed by atoms with Gasteiger partial charge in [0.05, 0.1) is 23.1 Å². The molecule has 7 nitrogen and oxygen atoms in total. The normalized spacial score (nSPS) is 16.7. The van der Waals surface area contributed by atoms with Gasteiger partial charge < -0.3 is 5.11 Å². The van der Waals surface area contributed by atoms with Gasteiger partial charge in [-0.1, -0.05) is 6.08 Å². The van der Waals surface area contributed by atoms with Crippen LogP contribution in [0.15, 0.2) is 47.2 Å². The first-order chi connectivity index (χ1) is 13.1. The molecule has 1 unspecified atom stereocenters. The number of aliphatic imine (C=N–C) groups is 1. The molecule has 3 N–H and O–H groups in total. The predicted octanol–water partition coefficient (Wildman–Crippen LogP) is 3.46. The van der Waals surface area contributed by atoms with E-state index < -0.39 is 6.23 Å². The van der Waals surface area contributed by atoms with E-state index in [1.54, 1.807) is 11.1 Å². The Morgan fingerprint density at radius 3 is 2.96 bits per heavy atom. The maximum atomic E-state index is 10.6. The molecule has 1 atom stereocenters. The summed E-state index contributed by atoms with van der Waals surface area (Å²) in [6, 6.07) is 5.98. The highest BCUT2D eigenvalue weighted by Gasteiger charge is 2.23. The number of hydrogen-bond donors (Lipinski definition) is 3. The SMILES string of the molecule is CN(C)C(O)c1n[nH]cc1/C(=N/c1ccc2[nH]ncc2c1)C1=CCCCC1. The molecule has 0 saturated carbocycles. The molecular formula is C20H24N6O. The second-order valence-corrected chi connectivity index (χ2v) is 7.10. The predicted molar refractivity (Wildman–Crippen MR) is 106 cm³/mol. The third kappa shape index (κ3) is 3.56. The van der Waals surface area contributed by atoms with Gasteiger partial charge in [0.25, 0.3) is 0 Å². The lowest BCUT2D eigenvalue weighted by Crippen LogP contribution is -2.22. The molecule has 2 heterocycles. The Morgan fingerprint density at radius 2 is 2.19 bits per heavy atom. The van der Waals surface area contributed by atoms with Crippen molar-refractivity contribution in [2.24, 2.45) is 4.99 Å². The van der Waals surface area contributed by atoms with Gasteiger partial charge in [0.15, 0.2) is 6.23 Å². The summed E-state index contributed by atoms with van der Waals surface area (Å²) >= 11 is 0. The van der Waals surface area contributed by atoms with Gasteiger partial charge >= 0.3 is 0 Å². The fraction of sp³-hybridized carbons (Fsp3) is 0.350. The number of aliphatic hydroxyl groups excluding tert-OH is 1. The van der Waals surface area contributed by atoms with Gasteiger partial charge in [-0.3, -0.25) is 15.1 Å². The van der Waals surface area contributed by atoms with E-state index in [-0.39, 0.29) is 0 Å². The van der Waals surface area contributed by atoms with Crippen molar-refractivity contribution in [1.82, 2.24) is 25.3 Å². The van der Waals surface area contributed by atoms with Crippen LogP contribution in [0.3, 0.4) is 0 Å². The molecule has 2 aromatic heterocycles. The van der Waals surface area contributed by atoms with Crippen molar-refractivity contribution in [2.75, 3.05) is 14.1 Å². The van der Waals surface area contributed by atoms with Gasteiger partial charge in [-0.05, 0) is 63.6 Å². The number of aromatic nitrogens is 4. The van der Waals surface area contributed by atoms with E-state index in [1.165, 1.54) is 12.0 Å². The average Bonchev–Trinajstić information content (AvgIpc) is 3.35. The number of allylic oxidation sites excluding steroid dienone is 2. The van der Waals surface area contributed by atoms with Crippen molar-refractivity contribution in [2.45, 2.75) is 31.9 Å². The van der Waals surface area contributed by atoms with Crippen LogP contribution in [-0.2, 0) is 0 Å². The van der Waals surface area contributed by atoms with E-state index in [9.17, 15) is 5.11 Å². The van der Waals surface area contributed by atoms with Gasteiger partial charge in [-0.15, -0.1) is 0 Å². The summed E-state index contributed by atoms with van der Waals surface area (Å²) in [5.41, 5.74) is 5.37. The number of benzene rings is 1. The quantitative estimate of drug-likeness (QED) is 0.477. The number of hydrogen-bond acceptors (Lipinski definition) is 5. The van der Waals surface area contributed by atoms with Crippen molar-refractivity contribution in [3.8, 4) is 0 Å². The number of nitrogens with one attached hydrogen (secondary N) is 2. The van der Waals surface area contributed by atoms with Gasteiger partial charge in [-0.25, -0.2) is 4.99 Å². The Morgan fingerprint density at radius 1 is 1.30 bits per heavy atom. The summed E-state index contributed by atoms with van der Waals surface area (Å²) in [7, 11) is 3.65. The van der Waals surface area contributed by atoms with E-state index in [4.69, 9.17) is 4.99 Å². The molecule has 1 aliphatic rings. The van der Waals surface area contributed by atoms with Crippen molar-refractivity contribution in [1.29, 1.82) is 0 Å². The Bertz CT molecular complexity index is 997. The smallest absolute Gasteiger partial charge is 0.152 e. The van der Waals surface area contributed by atoms with Gasteiger partial charge in [0.2, 0.25) is 0 Å². The highest BCUT2D eigenvalue weighted by atomic mass is 16.3. The molecule has 3 aromatic rings. The van der Waals surface area contributed by atoms with E-state index >= 15 is 0 Å². The van der Waals surface area contributed by atoms with Crippen molar-refractivity contribution < 1.29 is 5.11 Å². The minimum atomic E-state index is -0.794. The third-order valence-corrected chi connectivity index (χ3v) is 4.92. The standard InChI is InChI=1S/C20H24N6O/c1-26(2)20(27)19-16(12-22-25-19)18(13-6-4-3-5-7-13)23-15-8-9-17-14(10-15)11-21-24-17/h6,8-12,20,27H,3-5,7H2,1-2H3,(H,21,24)(H,22,25)/b23-18+. The van der Waals surface area contributed by atoms with Gasteiger partial charge in [-0.2, -0.15) is 10.2 Å². The molecule has 27 heavy (non-hydrogen) atoms. The molecule has 4 rings (SSSR count). The Hall–Kier alpha value is -2.77. The number of aromatic amines is 2. The monoisotopic (exact) mass is 364 g/mol. The molecule has 1 aromatic carbocycles. The summed E-state index contributed by atoms with van der Waals surface area (Å²) in [5, 5.41) is 25.8. The van der Waals surface area contributed by atoms with Crippen molar-refractivity contribution >= 4 is 22.3 Å². The van der Waals surface area contributed by atoms with E-state index in [0.717, 1.165) is 47.1 Å². The summed E-state index contributed by atoms with van der Waals surface area (Å²) in [5.74, 6) is 0. The van der Waals surface area contributed by atoms with Crippen LogP contribution in [0.2, 0.25) is 0 Å². The van der Waals surface area contributed by atoms with Crippen LogP contribution in [0.5, 0.6) is 0 Å². The first kappa shape index (κ1) is 17.6. The number of fused-ring (bicyclic) bond motifs is 1. The van der Waals surface area contributed by atoms with Crippen LogP contribution in [0, 0.1) is 0 Å². The minimum absolute atomic E-state index is 0.592. The second-order valence-electron chi connectivity index (χ2n) is 7.10. The average molecular weight is 364 g/mol. The molecule has 0 saturated heterocycles. The molecule has 0 spiro atoms. The number of H-pyrrole nitrogens is 2. The van der Waals surface area contributed by atoms with Crippen LogP contribution in [0.25, 0.3) is 10.9 Å². The Balaban J connectivity index is 1.83. The number of aliphatic hydroxyl groups is 1. The zero-order valence-electron chi connectivity index (χ0n) is 15.6. The topological polar surface area (TPSA) is 93.2 Å². The fourth-order valence-corrected chi connectivity index (χ4v) is 3.42. The van der Waals surface area contributed by atoms with Crippen LogP contribution in [0.4, 0.5) is 5.69 Å². The Labute approximate surface area is 157 Å². The lowest BCUT2D eigenvalue weighted by atomic mass is 9.92. The van der Waals surface area contributed by atoms with Crippen LogP contribution in [-0.4, -0.2) is 50.2 Å². The highest BCUT2D eigenvalue weighted by molar-refractivity contribution is 6.14.